The highest BCUT2D eigenvalue weighted by atomic mass is 79.9. The van der Waals surface area contributed by atoms with E-state index >= 15 is 0 Å². The fraction of sp³-hybridized carbons (Fsp3) is 0.290. The lowest BCUT2D eigenvalue weighted by Crippen LogP contribution is -2.39. The van der Waals surface area contributed by atoms with Crippen LogP contribution in [-0.2, 0) is 31.5 Å². The summed E-state index contributed by atoms with van der Waals surface area (Å²) >= 11 is 3.08. The Morgan fingerprint density at radius 1 is 0.911 bits per heavy atom. The molecule has 0 spiro atoms. The summed E-state index contributed by atoms with van der Waals surface area (Å²) in [6.07, 6.45) is -8.06. The van der Waals surface area contributed by atoms with Gasteiger partial charge in [0.15, 0.2) is 11.6 Å². The van der Waals surface area contributed by atoms with Crippen LogP contribution in [0.15, 0.2) is 69.8 Å². The molecular weight excluding hydrogens is 676 g/mol. The van der Waals surface area contributed by atoms with Crippen LogP contribution in [0.3, 0.4) is 0 Å². The van der Waals surface area contributed by atoms with Crippen molar-refractivity contribution >= 4 is 45.0 Å². The number of carbonyl (C=O) groups excluding carboxylic acids is 4. The number of hydrogen-bond donors (Lipinski definition) is 1. The maximum Gasteiger partial charge on any atom is 0.416 e. The van der Waals surface area contributed by atoms with Crippen LogP contribution in [0, 0.1) is 17.8 Å². The predicted octanol–water partition coefficient (Wildman–Crippen LogP) is 6.41. The SMILES string of the molecule is COc1ccc([C@H]2C3=CC[C@@H]4C(=O)N(c5cc(C(F)(F)F)cc(C(F)(F)F)c5)C(=O)[C@@H]4[C@@H]3CC3=C2C(=O)C=C(Br)C3=O)c(O)c1. The van der Waals surface area contributed by atoms with Crippen molar-refractivity contribution in [3.63, 3.8) is 0 Å². The van der Waals surface area contributed by atoms with Crippen LogP contribution < -0.4 is 9.64 Å². The van der Waals surface area contributed by atoms with E-state index < -0.39 is 76.2 Å². The topological polar surface area (TPSA) is 101 Å². The molecule has 2 aromatic rings. The van der Waals surface area contributed by atoms with E-state index in [1.54, 1.807) is 6.08 Å². The van der Waals surface area contributed by atoms with Gasteiger partial charge >= 0.3 is 12.4 Å². The van der Waals surface area contributed by atoms with Crippen molar-refractivity contribution in [3.05, 3.63) is 86.4 Å². The molecule has 4 aliphatic rings. The van der Waals surface area contributed by atoms with Crippen molar-refractivity contribution < 1.29 is 55.4 Å². The third-order valence-electron chi connectivity index (χ3n) is 8.71. The molecule has 0 saturated carbocycles. The van der Waals surface area contributed by atoms with Crippen molar-refractivity contribution in [1.82, 2.24) is 0 Å². The van der Waals surface area contributed by atoms with Gasteiger partial charge in [-0.05, 0) is 59.0 Å². The van der Waals surface area contributed by atoms with Gasteiger partial charge < -0.3 is 9.84 Å². The number of amides is 2. The number of methoxy groups -OCH3 is 1. The minimum atomic E-state index is -5.21. The number of alkyl halides is 6. The minimum Gasteiger partial charge on any atom is -0.507 e. The highest BCUT2D eigenvalue weighted by Gasteiger charge is 2.57. The maximum atomic E-state index is 14.0. The van der Waals surface area contributed by atoms with E-state index in [9.17, 15) is 50.6 Å². The molecule has 0 radical (unpaired) electrons. The molecule has 234 valence electrons. The molecule has 2 amide bonds. The first kappa shape index (κ1) is 30.8. The summed E-state index contributed by atoms with van der Waals surface area (Å²) < 4.78 is 86.8. The van der Waals surface area contributed by atoms with Crippen molar-refractivity contribution in [2.75, 3.05) is 12.0 Å². The molecule has 1 heterocycles. The van der Waals surface area contributed by atoms with Crippen LogP contribution in [0.1, 0.15) is 35.4 Å². The first-order valence-corrected chi connectivity index (χ1v) is 14.3. The van der Waals surface area contributed by atoms with E-state index in [1.807, 2.05) is 0 Å². The number of ether oxygens (including phenoxy) is 1. The molecule has 6 rings (SSSR count). The molecule has 45 heavy (non-hydrogen) atoms. The van der Waals surface area contributed by atoms with Gasteiger partial charge in [0.25, 0.3) is 0 Å². The summed E-state index contributed by atoms with van der Waals surface area (Å²) in [5, 5.41) is 11.0. The zero-order valence-electron chi connectivity index (χ0n) is 22.9. The summed E-state index contributed by atoms with van der Waals surface area (Å²) in [6.45, 7) is 0. The summed E-state index contributed by atoms with van der Waals surface area (Å²) in [4.78, 5) is 54.5. The van der Waals surface area contributed by atoms with Crippen molar-refractivity contribution in [2.24, 2.45) is 17.8 Å². The molecule has 2 aromatic carbocycles. The number of anilines is 1. The summed E-state index contributed by atoms with van der Waals surface area (Å²) in [5.41, 5.74) is -3.55. The average molecular weight is 696 g/mol. The molecule has 3 aliphatic carbocycles. The van der Waals surface area contributed by atoms with Gasteiger partial charge in [-0.25, -0.2) is 4.90 Å². The molecule has 14 heteroatoms. The van der Waals surface area contributed by atoms with Crippen LogP contribution >= 0.6 is 15.9 Å². The Morgan fingerprint density at radius 2 is 1.56 bits per heavy atom. The number of ketones is 2. The van der Waals surface area contributed by atoms with Gasteiger partial charge in [-0.3, -0.25) is 19.2 Å². The lowest BCUT2D eigenvalue weighted by atomic mass is 9.59. The van der Waals surface area contributed by atoms with Gasteiger partial charge in [0, 0.05) is 34.8 Å². The van der Waals surface area contributed by atoms with Crippen LogP contribution in [0.2, 0.25) is 0 Å². The number of phenols is 1. The molecule has 0 bridgehead atoms. The number of phenolic OH excluding ortho intramolecular Hbond substituents is 1. The minimum absolute atomic E-state index is 0.0227. The lowest BCUT2D eigenvalue weighted by molar-refractivity contribution is -0.143. The van der Waals surface area contributed by atoms with Crippen molar-refractivity contribution in [2.45, 2.75) is 31.1 Å². The Labute approximate surface area is 259 Å². The molecule has 1 N–H and O–H groups in total. The van der Waals surface area contributed by atoms with Gasteiger partial charge in [0.05, 0.1) is 40.2 Å². The normalized spacial score (nSPS) is 25.1. The summed E-state index contributed by atoms with van der Waals surface area (Å²) in [5.74, 6) is -7.52. The Hall–Kier alpha value is -4.20. The number of rotatable bonds is 3. The number of aromatic hydroxyl groups is 1. The number of nitrogens with zero attached hydrogens (tertiary/aromatic N) is 1. The number of Topliss-reactive ketones (excluding diaryl/α,β-unsaturated/α-hetero) is 1. The van der Waals surface area contributed by atoms with E-state index in [2.05, 4.69) is 15.9 Å². The second kappa shape index (κ2) is 10.4. The van der Waals surface area contributed by atoms with E-state index in [1.165, 1.54) is 25.3 Å². The molecule has 0 aromatic heterocycles. The average Bonchev–Trinajstić information content (AvgIpc) is 3.23. The molecule has 1 saturated heterocycles. The number of benzene rings is 2. The molecule has 7 nitrogen and oxygen atoms in total. The zero-order chi connectivity index (χ0) is 32.7. The second-order valence-corrected chi connectivity index (χ2v) is 11.9. The van der Waals surface area contributed by atoms with Gasteiger partial charge in [-0.1, -0.05) is 17.7 Å². The first-order chi connectivity index (χ1) is 21.0. The number of carbonyl (C=O) groups is 4. The van der Waals surface area contributed by atoms with Gasteiger partial charge in [0.2, 0.25) is 11.8 Å². The van der Waals surface area contributed by atoms with Gasteiger partial charge in [-0.15, -0.1) is 0 Å². The fourth-order valence-electron chi connectivity index (χ4n) is 6.78. The number of halogens is 7. The van der Waals surface area contributed by atoms with E-state index in [-0.39, 0.29) is 51.6 Å². The van der Waals surface area contributed by atoms with Crippen LogP contribution in [-0.4, -0.2) is 35.6 Å². The first-order valence-electron chi connectivity index (χ1n) is 13.5. The van der Waals surface area contributed by atoms with Gasteiger partial charge in [0.1, 0.15) is 11.5 Å². The monoisotopic (exact) mass is 695 g/mol. The van der Waals surface area contributed by atoms with Crippen molar-refractivity contribution in [1.29, 1.82) is 0 Å². The second-order valence-electron chi connectivity index (χ2n) is 11.1. The third-order valence-corrected chi connectivity index (χ3v) is 9.30. The van der Waals surface area contributed by atoms with Crippen molar-refractivity contribution in [3.8, 4) is 11.5 Å². The highest BCUT2D eigenvalue weighted by molar-refractivity contribution is 9.12. The summed E-state index contributed by atoms with van der Waals surface area (Å²) in [7, 11) is 1.37. The van der Waals surface area contributed by atoms with Crippen LogP contribution in [0.5, 0.6) is 11.5 Å². The van der Waals surface area contributed by atoms with Crippen LogP contribution in [0.4, 0.5) is 32.0 Å². The molecule has 1 aliphatic heterocycles. The standard InChI is InChI=1S/C31H20BrF6NO6/c1-45-15-2-3-17(22(40)9-15)24-16-4-5-18-25(19(16)10-20-26(24)23(41)11-21(32)27(20)42)29(44)39(28(18)43)14-7-12(30(33,34)35)6-13(8-14)31(36,37)38/h2-4,6-9,11,18-19,24-25,40H,5,10H2,1H3/t18-,19+,24+,25-/m0/s1. The predicted molar refractivity (Wildman–Crippen MR) is 148 cm³/mol. The zero-order valence-corrected chi connectivity index (χ0v) is 24.5. The van der Waals surface area contributed by atoms with E-state index in [0.717, 1.165) is 6.08 Å². The fourth-order valence-corrected chi connectivity index (χ4v) is 7.23. The number of hydrogen-bond acceptors (Lipinski definition) is 6. The largest absolute Gasteiger partial charge is 0.507 e. The van der Waals surface area contributed by atoms with Gasteiger partial charge in [-0.2, -0.15) is 26.3 Å². The Morgan fingerprint density at radius 3 is 2.13 bits per heavy atom. The maximum absolute atomic E-state index is 14.0. The smallest absolute Gasteiger partial charge is 0.416 e. The highest BCUT2D eigenvalue weighted by Crippen LogP contribution is 2.57. The Balaban J connectivity index is 1.48. The Kier molecular flexibility index (Phi) is 7.14. The molecular formula is C31H20BrF6NO6. The number of allylic oxidation sites excluding steroid dienone is 6. The number of imide groups is 1. The van der Waals surface area contributed by atoms with E-state index in [4.69, 9.17) is 4.74 Å². The number of fused-ring (bicyclic) bond motifs is 3. The van der Waals surface area contributed by atoms with Crippen LogP contribution in [0.25, 0.3) is 0 Å². The van der Waals surface area contributed by atoms with E-state index in [0.29, 0.717) is 22.6 Å². The Bertz CT molecular complexity index is 1770. The lowest BCUT2D eigenvalue weighted by Gasteiger charge is -2.42. The quantitative estimate of drug-likeness (QED) is 0.173. The third kappa shape index (κ3) is 4.89. The molecule has 0 unspecified atom stereocenters. The molecule has 1 fully saturated rings. The summed E-state index contributed by atoms with van der Waals surface area (Å²) in [6, 6.07) is 4.84. The molecule has 4 atom stereocenters.